The first-order valence-corrected chi connectivity index (χ1v) is 30.5. The van der Waals surface area contributed by atoms with Crippen LogP contribution in [0.4, 0.5) is 0 Å². The minimum Gasteiger partial charge on any atom is -0.432 e. The third-order valence-corrected chi connectivity index (χ3v) is 20.4. The Labute approximate surface area is 510 Å². The number of carbonyl (C=O) groups is 1. The summed E-state index contributed by atoms with van der Waals surface area (Å²) in [4.78, 5) is 15.3. The molecule has 20 N–H and O–H groups in total. The fourth-order valence-electron chi connectivity index (χ4n) is 15.1. The molecule has 33 nitrogen and oxygen atoms in total. The number of aliphatic hydroxyl groups excluding tert-OH is 20. The molecule has 0 aromatic heterocycles. The van der Waals surface area contributed by atoms with Crippen molar-refractivity contribution in [1.82, 2.24) is 0 Å². The van der Waals surface area contributed by atoms with Crippen molar-refractivity contribution in [1.29, 1.82) is 0 Å². The zero-order chi connectivity index (χ0) is 64.9. The molecule has 0 bridgehead atoms. The van der Waals surface area contributed by atoms with E-state index < -0.39 is 253 Å². The van der Waals surface area contributed by atoms with Gasteiger partial charge in [0.1, 0.15) is 140 Å². The number of aliphatic hydroxyl groups is 20. The second kappa shape index (κ2) is 29.5. The smallest absolute Gasteiger partial charge is 0.314 e. The summed E-state index contributed by atoms with van der Waals surface area (Å²) >= 11 is 0. The van der Waals surface area contributed by atoms with Gasteiger partial charge in [0.2, 0.25) is 6.29 Å². The molecule has 0 aromatic carbocycles. The van der Waals surface area contributed by atoms with Gasteiger partial charge in [0.25, 0.3) is 0 Å². The Morgan fingerprint density at radius 3 is 1.18 bits per heavy atom. The molecular formula is C56H92O33. The molecule has 9 aliphatic rings. The SMILES string of the molecule is C=C1CCC2CCC3[C@](C)(C(=O)OC4OC(CO)C(O)C(OC5OC(CO)C(O)C(O)C5O)C4OC4OC(CO)C(O)C(O)C4O)CCC[C@@]3(C)[C@@H]2CCC1OC1OC(CO)C(O)C(OC2OC(CO)C(O)C(O)C2O)C1OC1OC(CO)C(O)C(O)C1O. The Morgan fingerprint density at radius 1 is 0.416 bits per heavy atom. The van der Waals surface area contributed by atoms with Crippen molar-refractivity contribution in [3.8, 4) is 0 Å². The van der Waals surface area contributed by atoms with E-state index in [-0.39, 0.29) is 24.7 Å². The zero-order valence-electron chi connectivity index (χ0n) is 49.2. The lowest BCUT2D eigenvalue weighted by Crippen LogP contribution is -2.67. The van der Waals surface area contributed by atoms with Crippen LogP contribution in [0, 0.1) is 28.6 Å². The lowest BCUT2D eigenvalue weighted by molar-refractivity contribution is -0.394. The molecule has 33 heteroatoms. The number of hydrogen-bond donors (Lipinski definition) is 20. The first-order valence-electron chi connectivity index (χ1n) is 30.5. The predicted octanol–water partition coefficient (Wildman–Crippen LogP) is -9.22. The lowest BCUT2D eigenvalue weighted by atomic mass is 9.45. The van der Waals surface area contributed by atoms with E-state index in [1.165, 1.54) is 0 Å². The maximum absolute atomic E-state index is 15.3. The molecule has 33 unspecified atom stereocenters. The maximum Gasteiger partial charge on any atom is 0.314 e. The summed E-state index contributed by atoms with van der Waals surface area (Å²) in [6.07, 6.45) is -52.3. The number of hydrogen-bond acceptors (Lipinski definition) is 33. The third-order valence-electron chi connectivity index (χ3n) is 20.4. The van der Waals surface area contributed by atoms with Crippen LogP contribution in [0.2, 0.25) is 0 Å². The summed E-state index contributed by atoms with van der Waals surface area (Å²) in [6, 6.07) is 0. The Hall–Kier alpha value is -2.03. The summed E-state index contributed by atoms with van der Waals surface area (Å²) in [5.74, 6) is -1.36. The average molecular weight is 1290 g/mol. The van der Waals surface area contributed by atoms with Crippen molar-refractivity contribution in [2.45, 2.75) is 262 Å². The normalized spacial score (nSPS) is 52.6. The minimum atomic E-state index is -2.08. The van der Waals surface area contributed by atoms with E-state index in [1.807, 2.05) is 0 Å². The molecule has 0 radical (unpaired) electrons. The number of esters is 1. The average Bonchev–Trinajstić information content (AvgIpc) is 0.973. The summed E-state index contributed by atoms with van der Waals surface area (Å²) in [5, 5.41) is 214. The van der Waals surface area contributed by atoms with Gasteiger partial charge in [-0.2, -0.15) is 0 Å². The van der Waals surface area contributed by atoms with Crippen LogP contribution < -0.4 is 0 Å². The van der Waals surface area contributed by atoms with Crippen LogP contribution in [0.1, 0.15) is 71.6 Å². The molecule has 3 saturated carbocycles. The van der Waals surface area contributed by atoms with E-state index in [1.54, 1.807) is 6.92 Å². The molecule has 514 valence electrons. The fraction of sp³-hybridized carbons (Fsp3) is 0.946. The molecule has 3 aliphatic carbocycles. The minimum absolute atomic E-state index is 0.0656. The molecule has 9 fully saturated rings. The Bertz CT molecular complexity index is 2290. The highest BCUT2D eigenvalue weighted by Crippen LogP contribution is 2.64. The monoisotopic (exact) mass is 1290 g/mol. The largest absolute Gasteiger partial charge is 0.432 e. The van der Waals surface area contributed by atoms with Crippen molar-refractivity contribution in [2.75, 3.05) is 39.6 Å². The van der Waals surface area contributed by atoms with Crippen molar-refractivity contribution >= 4 is 5.97 Å². The zero-order valence-corrected chi connectivity index (χ0v) is 49.2. The van der Waals surface area contributed by atoms with Crippen LogP contribution in [0.15, 0.2) is 12.2 Å². The maximum atomic E-state index is 15.3. The molecule has 89 heavy (non-hydrogen) atoms. The Kier molecular flexibility index (Phi) is 23.6. The van der Waals surface area contributed by atoms with Crippen molar-refractivity contribution < 1.29 is 164 Å². The molecule has 6 saturated heterocycles. The predicted molar refractivity (Wildman–Crippen MR) is 286 cm³/mol. The van der Waals surface area contributed by atoms with Gasteiger partial charge in [-0.1, -0.05) is 19.9 Å². The highest BCUT2D eigenvalue weighted by Gasteiger charge is 2.63. The molecular weight excluding hydrogens is 1200 g/mol. The van der Waals surface area contributed by atoms with Gasteiger partial charge in [0.05, 0.1) is 51.2 Å². The first kappa shape index (κ1) is 71.3. The quantitative estimate of drug-likeness (QED) is 0.0448. The molecule has 6 aliphatic heterocycles. The summed E-state index contributed by atoms with van der Waals surface area (Å²) in [7, 11) is 0. The fourth-order valence-corrected chi connectivity index (χ4v) is 15.1. The molecule has 0 amide bonds. The van der Waals surface area contributed by atoms with Crippen LogP contribution in [0.5, 0.6) is 0 Å². The van der Waals surface area contributed by atoms with Gasteiger partial charge < -0.3 is 159 Å². The van der Waals surface area contributed by atoms with Gasteiger partial charge in [-0.3, -0.25) is 4.79 Å². The van der Waals surface area contributed by atoms with E-state index in [9.17, 15) is 102 Å². The van der Waals surface area contributed by atoms with E-state index in [0.29, 0.717) is 50.5 Å². The molecule has 6 heterocycles. The van der Waals surface area contributed by atoms with Gasteiger partial charge in [0, 0.05) is 0 Å². The summed E-state index contributed by atoms with van der Waals surface area (Å²) in [6.45, 7) is 2.86. The van der Waals surface area contributed by atoms with Crippen LogP contribution in [-0.2, 0) is 61.6 Å². The molecule has 36 atom stereocenters. The van der Waals surface area contributed by atoms with Crippen LogP contribution in [0.3, 0.4) is 0 Å². The van der Waals surface area contributed by atoms with Crippen molar-refractivity contribution in [2.24, 2.45) is 28.6 Å². The van der Waals surface area contributed by atoms with Crippen LogP contribution >= 0.6 is 0 Å². The van der Waals surface area contributed by atoms with Crippen molar-refractivity contribution in [3.63, 3.8) is 0 Å². The molecule has 0 aromatic rings. The number of fused-ring (bicyclic) bond motifs is 3. The second-order valence-corrected chi connectivity index (χ2v) is 25.7. The van der Waals surface area contributed by atoms with Gasteiger partial charge >= 0.3 is 5.97 Å². The molecule has 0 spiro atoms. The van der Waals surface area contributed by atoms with Crippen LogP contribution in [0.25, 0.3) is 0 Å². The Morgan fingerprint density at radius 2 is 0.775 bits per heavy atom. The van der Waals surface area contributed by atoms with Crippen molar-refractivity contribution in [3.05, 3.63) is 12.2 Å². The number of ether oxygens (including phenoxy) is 12. The first-order chi connectivity index (χ1) is 42.2. The highest BCUT2D eigenvalue weighted by molar-refractivity contribution is 5.77. The number of rotatable bonds is 18. The highest BCUT2D eigenvalue weighted by atomic mass is 16.8. The Balaban J connectivity index is 0.978. The molecule has 9 rings (SSSR count). The topological polar surface area (TPSA) is 532 Å². The van der Waals surface area contributed by atoms with Gasteiger partial charge in [-0.15, -0.1) is 0 Å². The van der Waals surface area contributed by atoms with E-state index in [0.717, 1.165) is 0 Å². The van der Waals surface area contributed by atoms with E-state index >= 15 is 4.79 Å². The third kappa shape index (κ3) is 13.9. The number of carbonyl (C=O) groups excluding carboxylic acids is 1. The second-order valence-electron chi connectivity index (χ2n) is 25.7. The van der Waals surface area contributed by atoms with E-state index in [4.69, 9.17) is 56.8 Å². The van der Waals surface area contributed by atoms with Gasteiger partial charge in [0.15, 0.2) is 37.6 Å². The van der Waals surface area contributed by atoms with Crippen LogP contribution in [-0.4, -0.2) is 338 Å². The lowest BCUT2D eigenvalue weighted by Gasteiger charge is -2.60. The summed E-state index contributed by atoms with van der Waals surface area (Å²) < 4.78 is 72.3. The van der Waals surface area contributed by atoms with Gasteiger partial charge in [-0.25, -0.2) is 0 Å². The summed E-state index contributed by atoms with van der Waals surface area (Å²) in [5.41, 5.74) is -1.40. The van der Waals surface area contributed by atoms with E-state index in [2.05, 4.69) is 13.5 Å². The standard InChI is InChI=1S/C56H92O33/c1-19-5-6-20-7-10-29-55(2,21(20)8-9-22(19)78-52-46(87-50-42(75)38(71)32(65)25(15-59)81-50)44(34(67)27(17-61)83-52)85-48-40(73)36(69)30(63)23(13-57)79-48)11-4-12-56(29,3)54(77)89-53-47(88-51-43(76)39(72)33(66)26(16-60)82-51)45(35(68)28(18-62)84-53)86-49-41(74)37(70)31(64)24(14-58)80-49/h20-53,57-76H,1,4-18H2,2-3H3/t20?,21-,22?,23?,24?,25?,26?,27?,28?,29?,30?,31?,32?,33?,34?,35?,36?,37?,38?,39?,40?,41?,42?,43?,44?,45?,46?,47?,48?,49?,50?,51?,52?,53?,55+,56-/m1/s1. The van der Waals surface area contributed by atoms with Gasteiger partial charge in [-0.05, 0) is 87.0 Å².